The summed E-state index contributed by atoms with van der Waals surface area (Å²) in [7, 11) is 1.83. The molecule has 1 aliphatic heterocycles. The fourth-order valence-corrected chi connectivity index (χ4v) is 3.28. The Morgan fingerprint density at radius 1 is 1.41 bits per heavy atom. The van der Waals surface area contributed by atoms with Crippen LogP contribution in [0.25, 0.3) is 16.9 Å². The zero-order chi connectivity index (χ0) is 20.8. The Kier molecular flexibility index (Phi) is 4.32. The number of aromatic nitrogens is 3. The maximum Gasteiger partial charge on any atom is 0.268 e. The molecule has 8 heteroatoms. The molecule has 3 N–H and O–H groups in total. The zero-order valence-corrected chi connectivity index (χ0v) is 15.7. The molecule has 0 bridgehead atoms. The van der Waals surface area contributed by atoms with Gasteiger partial charge >= 0.3 is 0 Å². The molecule has 0 unspecified atom stereocenters. The van der Waals surface area contributed by atoms with Gasteiger partial charge in [0.05, 0.1) is 5.70 Å². The van der Waals surface area contributed by atoms with E-state index in [-0.39, 0.29) is 5.69 Å². The van der Waals surface area contributed by atoms with E-state index in [2.05, 4.69) is 28.4 Å². The molecule has 146 valence electrons. The van der Waals surface area contributed by atoms with E-state index in [9.17, 15) is 14.3 Å². The number of rotatable bonds is 2. The van der Waals surface area contributed by atoms with Crippen molar-refractivity contribution in [2.75, 3.05) is 13.6 Å². The van der Waals surface area contributed by atoms with Crippen LogP contribution in [0.3, 0.4) is 0 Å². The number of nitrogens with zero attached hydrogens (tertiary/aromatic N) is 4. The summed E-state index contributed by atoms with van der Waals surface area (Å²) in [6.45, 7) is 4.51. The third-order valence-corrected chi connectivity index (χ3v) is 4.96. The smallest absolute Gasteiger partial charge is 0.268 e. The fraction of sp³-hybridized carbons (Fsp3) is 0.190. The normalized spacial score (nSPS) is 18.7. The topological polar surface area (TPSA) is 96.7 Å². The first-order valence-corrected chi connectivity index (χ1v) is 8.87. The van der Waals surface area contributed by atoms with Crippen molar-refractivity contribution >= 4 is 11.6 Å². The Balaban J connectivity index is 1.81. The van der Waals surface area contributed by atoms with Crippen LogP contribution in [0.2, 0.25) is 0 Å². The van der Waals surface area contributed by atoms with Crippen LogP contribution in [0.15, 0.2) is 49.1 Å². The van der Waals surface area contributed by atoms with E-state index in [1.54, 1.807) is 22.9 Å². The summed E-state index contributed by atoms with van der Waals surface area (Å²) < 4.78 is 15.9. The first-order valence-electron chi connectivity index (χ1n) is 8.87. The number of likely N-dealkylation sites (tertiary alicyclic amines) is 1. The van der Waals surface area contributed by atoms with Crippen molar-refractivity contribution in [3.8, 4) is 23.1 Å². The third kappa shape index (κ3) is 3.32. The average Bonchev–Trinajstić information content (AvgIpc) is 3.26. The number of amides is 1. The Labute approximate surface area is 166 Å². The lowest BCUT2D eigenvalue weighted by molar-refractivity contribution is 0.0995. The number of carbonyl (C=O) groups is 1. The summed E-state index contributed by atoms with van der Waals surface area (Å²) in [5, 5.41) is 10.7. The number of hydrogen-bond donors (Lipinski definition) is 2. The zero-order valence-electron chi connectivity index (χ0n) is 15.7. The van der Waals surface area contributed by atoms with Crippen LogP contribution in [0.5, 0.6) is 0 Å². The van der Waals surface area contributed by atoms with Crippen molar-refractivity contribution in [1.29, 1.82) is 0 Å². The highest BCUT2D eigenvalue weighted by Crippen LogP contribution is 2.29. The monoisotopic (exact) mass is 391 g/mol. The molecule has 4 rings (SSSR count). The first-order chi connectivity index (χ1) is 13.8. The molecule has 29 heavy (non-hydrogen) atoms. The molecule has 0 spiro atoms. The van der Waals surface area contributed by atoms with Gasteiger partial charge in [-0.25, -0.2) is 14.4 Å². The van der Waals surface area contributed by atoms with Gasteiger partial charge in [0, 0.05) is 49.7 Å². The summed E-state index contributed by atoms with van der Waals surface area (Å²) in [5.41, 5.74) is 6.06. The second-order valence-electron chi connectivity index (χ2n) is 6.95. The van der Waals surface area contributed by atoms with Crippen molar-refractivity contribution in [2.24, 2.45) is 5.73 Å². The number of halogens is 1. The molecule has 1 atom stereocenters. The largest absolute Gasteiger partial charge is 0.375 e. The summed E-state index contributed by atoms with van der Waals surface area (Å²) in [4.78, 5) is 21.9. The third-order valence-electron chi connectivity index (χ3n) is 4.96. The Morgan fingerprint density at radius 2 is 2.21 bits per heavy atom. The van der Waals surface area contributed by atoms with Crippen molar-refractivity contribution < 1.29 is 14.3 Å². The molecule has 0 saturated carbocycles. The maximum atomic E-state index is 14.3. The molecule has 7 nitrogen and oxygen atoms in total. The highest BCUT2D eigenvalue weighted by molar-refractivity contribution is 5.92. The van der Waals surface area contributed by atoms with E-state index in [1.165, 1.54) is 18.3 Å². The van der Waals surface area contributed by atoms with Gasteiger partial charge in [-0.05, 0) is 18.2 Å². The minimum absolute atomic E-state index is 0.0296. The van der Waals surface area contributed by atoms with Gasteiger partial charge in [0.1, 0.15) is 17.2 Å². The van der Waals surface area contributed by atoms with Crippen molar-refractivity contribution in [3.63, 3.8) is 0 Å². The molecule has 3 heterocycles. The number of benzene rings is 1. The lowest BCUT2D eigenvalue weighted by atomic mass is 10.00. The molecule has 0 aliphatic carbocycles. The average molecular weight is 391 g/mol. The molecule has 3 aromatic rings. The van der Waals surface area contributed by atoms with E-state index in [1.807, 2.05) is 11.9 Å². The summed E-state index contributed by atoms with van der Waals surface area (Å²) >= 11 is 0. The highest BCUT2D eigenvalue weighted by Gasteiger charge is 2.36. The van der Waals surface area contributed by atoms with E-state index in [4.69, 9.17) is 5.73 Å². The van der Waals surface area contributed by atoms with E-state index in [0.29, 0.717) is 41.1 Å². The van der Waals surface area contributed by atoms with Crippen molar-refractivity contribution in [1.82, 2.24) is 19.3 Å². The van der Waals surface area contributed by atoms with Gasteiger partial charge in [0.2, 0.25) is 0 Å². The lowest BCUT2D eigenvalue weighted by Crippen LogP contribution is -2.26. The first kappa shape index (κ1) is 18.7. The van der Waals surface area contributed by atoms with Crippen LogP contribution in [0.1, 0.15) is 22.5 Å². The molecule has 1 saturated heterocycles. The van der Waals surface area contributed by atoms with Crippen molar-refractivity contribution in [2.45, 2.75) is 12.0 Å². The fourth-order valence-electron chi connectivity index (χ4n) is 3.28. The predicted octanol–water partition coefficient (Wildman–Crippen LogP) is 1.57. The SMILES string of the molecule is C=C1N(C)CC[C@@]1(O)C#Cc1cc(F)cc(-c2nc(C(N)=O)cn3ccnc23)c1. The van der Waals surface area contributed by atoms with Crippen LogP contribution in [-0.2, 0) is 0 Å². The van der Waals surface area contributed by atoms with E-state index < -0.39 is 17.3 Å². The van der Waals surface area contributed by atoms with Gasteiger partial charge in [-0.1, -0.05) is 18.4 Å². The molecular weight excluding hydrogens is 373 g/mol. The van der Waals surface area contributed by atoms with Gasteiger partial charge in [-0.2, -0.15) is 0 Å². The van der Waals surface area contributed by atoms with Crippen LogP contribution in [-0.4, -0.2) is 49.5 Å². The molecule has 0 radical (unpaired) electrons. The van der Waals surface area contributed by atoms with Gasteiger partial charge in [0.25, 0.3) is 5.91 Å². The Bertz CT molecular complexity index is 1220. The number of nitrogens with two attached hydrogens (primary N) is 1. The standard InChI is InChI=1S/C21H18FN5O2/c1-13-21(29,5-7-26(13)2)4-3-14-9-15(11-16(22)10-14)18-20-24-6-8-27(20)12-17(25-18)19(23)28/h6,8-12,29H,1,5,7H2,2H3,(H2,23,28)/t21-/m0/s1. The highest BCUT2D eigenvalue weighted by atomic mass is 19.1. The van der Waals surface area contributed by atoms with Gasteiger partial charge in [-0.3, -0.25) is 4.79 Å². The lowest BCUT2D eigenvalue weighted by Gasteiger charge is -2.19. The van der Waals surface area contributed by atoms with Gasteiger partial charge in [-0.15, -0.1) is 0 Å². The van der Waals surface area contributed by atoms with Crippen molar-refractivity contribution in [3.05, 3.63) is 66.1 Å². The van der Waals surface area contributed by atoms with E-state index >= 15 is 0 Å². The molecular formula is C21H18FN5O2. The summed E-state index contributed by atoms with van der Waals surface area (Å²) in [6, 6.07) is 4.18. The number of primary amides is 1. The molecule has 2 aromatic heterocycles. The van der Waals surface area contributed by atoms with Crippen LogP contribution < -0.4 is 5.73 Å². The molecule has 1 fully saturated rings. The predicted molar refractivity (Wildman–Crippen MR) is 105 cm³/mol. The summed E-state index contributed by atoms with van der Waals surface area (Å²) in [6.07, 6.45) is 5.08. The van der Waals surface area contributed by atoms with Crippen LogP contribution in [0.4, 0.5) is 4.39 Å². The second kappa shape index (κ2) is 6.72. The van der Waals surface area contributed by atoms with Gasteiger partial charge < -0.3 is 20.1 Å². The number of aliphatic hydroxyl groups is 1. The van der Waals surface area contributed by atoms with Crippen LogP contribution in [0, 0.1) is 17.7 Å². The molecule has 1 amide bonds. The molecule has 1 aromatic carbocycles. The number of fused-ring (bicyclic) bond motifs is 1. The number of carbonyl (C=O) groups excluding carboxylic acids is 1. The minimum Gasteiger partial charge on any atom is -0.375 e. The minimum atomic E-state index is -1.35. The summed E-state index contributed by atoms with van der Waals surface area (Å²) in [5.74, 6) is 4.40. The number of hydrogen-bond acceptors (Lipinski definition) is 5. The van der Waals surface area contributed by atoms with Crippen LogP contribution >= 0.6 is 0 Å². The maximum absolute atomic E-state index is 14.3. The Morgan fingerprint density at radius 3 is 2.90 bits per heavy atom. The second-order valence-corrected chi connectivity index (χ2v) is 6.95. The van der Waals surface area contributed by atoms with E-state index in [0.717, 1.165) is 0 Å². The Hall–Kier alpha value is -3.70. The quantitative estimate of drug-likeness (QED) is 0.647. The molecule has 1 aliphatic rings. The van der Waals surface area contributed by atoms with Gasteiger partial charge in [0.15, 0.2) is 11.2 Å². The number of imidazole rings is 1. The number of likely N-dealkylation sites (N-methyl/N-ethyl adjacent to an activating group) is 1.